The first-order valence-electron chi connectivity index (χ1n) is 6.18. The summed E-state index contributed by atoms with van der Waals surface area (Å²) in [6, 6.07) is 0.528. The van der Waals surface area contributed by atoms with Crippen molar-refractivity contribution in [1.29, 1.82) is 0 Å². The number of hydrogen-bond acceptors (Lipinski definition) is 3. The second-order valence-corrected chi connectivity index (χ2v) is 4.92. The van der Waals surface area contributed by atoms with E-state index in [1.807, 2.05) is 11.7 Å². The Hall–Kier alpha value is -1.03. The number of nitrogens with zero attached hydrogens (tertiary/aromatic N) is 2. The van der Waals surface area contributed by atoms with Gasteiger partial charge in [0.15, 0.2) is 0 Å². The molecule has 1 aliphatic heterocycles. The van der Waals surface area contributed by atoms with Crippen LogP contribution in [0.5, 0.6) is 5.88 Å². The topological polar surface area (TPSA) is 39.1 Å². The van der Waals surface area contributed by atoms with Crippen LogP contribution in [0.4, 0.5) is 0 Å². The minimum Gasteiger partial charge on any atom is -0.473 e. The fourth-order valence-corrected chi connectivity index (χ4v) is 2.88. The number of aryl methyl sites for hydroxylation is 2. The van der Waals surface area contributed by atoms with Crippen molar-refractivity contribution in [2.75, 3.05) is 0 Å². The van der Waals surface area contributed by atoms with Crippen LogP contribution >= 0.6 is 0 Å². The van der Waals surface area contributed by atoms with Gasteiger partial charge in [0, 0.05) is 19.6 Å². The monoisotopic (exact) mass is 221 g/mol. The number of aromatic nitrogens is 2. The quantitative estimate of drug-likeness (QED) is 0.722. The molecule has 1 aromatic heterocycles. The summed E-state index contributed by atoms with van der Waals surface area (Å²) in [4.78, 5) is 0. The Morgan fingerprint density at radius 2 is 2.19 bits per heavy atom. The molecule has 0 saturated heterocycles. The van der Waals surface area contributed by atoms with Gasteiger partial charge in [0.2, 0.25) is 5.88 Å². The third kappa shape index (κ3) is 1.52. The van der Waals surface area contributed by atoms with E-state index in [4.69, 9.17) is 4.74 Å². The summed E-state index contributed by atoms with van der Waals surface area (Å²) in [5.74, 6) is 0.972. The molecule has 0 unspecified atom stereocenters. The second kappa shape index (κ2) is 3.77. The molecule has 16 heavy (non-hydrogen) atoms. The van der Waals surface area contributed by atoms with E-state index >= 15 is 0 Å². The standard InChI is InChI=1S/C12H19N3O/c1-8-9-7-13-10-5-3-4-6-11(10)16-12(9)15(2)14-8/h10-11,13H,3-7H2,1-2H3/t10-,11-/m1/s1. The smallest absolute Gasteiger partial charge is 0.216 e. The average molecular weight is 221 g/mol. The summed E-state index contributed by atoms with van der Waals surface area (Å²) in [7, 11) is 1.97. The molecule has 0 amide bonds. The summed E-state index contributed by atoms with van der Waals surface area (Å²) in [6.45, 7) is 2.95. The molecule has 3 rings (SSSR count). The number of fused-ring (bicyclic) bond motifs is 2. The highest BCUT2D eigenvalue weighted by Crippen LogP contribution is 2.30. The Balaban J connectivity index is 1.93. The molecule has 1 aromatic rings. The van der Waals surface area contributed by atoms with Crippen LogP contribution in [0.1, 0.15) is 36.9 Å². The predicted octanol–water partition coefficient (Wildman–Crippen LogP) is 1.52. The maximum Gasteiger partial charge on any atom is 0.216 e. The molecule has 4 nitrogen and oxygen atoms in total. The van der Waals surface area contributed by atoms with E-state index in [0.717, 1.165) is 18.1 Å². The summed E-state index contributed by atoms with van der Waals surface area (Å²) >= 11 is 0. The normalized spacial score (nSPS) is 28.9. The molecule has 2 heterocycles. The number of nitrogens with one attached hydrogen (secondary N) is 1. The lowest BCUT2D eigenvalue weighted by atomic mass is 9.92. The van der Waals surface area contributed by atoms with Crippen LogP contribution < -0.4 is 10.1 Å². The largest absolute Gasteiger partial charge is 0.473 e. The Bertz CT molecular complexity index is 399. The van der Waals surface area contributed by atoms with Crippen LogP contribution in [0.15, 0.2) is 0 Å². The first-order valence-corrected chi connectivity index (χ1v) is 6.18. The van der Waals surface area contributed by atoms with E-state index < -0.39 is 0 Å². The highest BCUT2D eigenvalue weighted by Gasteiger charge is 2.31. The molecule has 88 valence electrons. The molecule has 0 radical (unpaired) electrons. The van der Waals surface area contributed by atoms with Crippen molar-refractivity contribution >= 4 is 0 Å². The molecule has 0 spiro atoms. The van der Waals surface area contributed by atoms with Crippen LogP contribution in [0.3, 0.4) is 0 Å². The van der Waals surface area contributed by atoms with Crippen LogP contribution in [-0.2, 0) is 13.6 Å². The van der Waals surface area contributed by atoms with E-state index in [0.29, 0.717) is 12.1 Å². The molecule has 2 atom stereocenters. The van der Waals surface area contributed by atoms with E-state index in [9.17, 15) is 0 Å². The van der Waals surface area contributed by atoms with Gasteiger partial charge in [-0.25, -0.2) is 4.68 Å². The zero-order valence-corrected chi connectivity index (χ0v) is 9.99. The van der Waals surface area contributed by atoms with Crippen molar-refractivity contribution in [2.45, 2.75) is 51.3 Å². The van der Waals surface area contributed by atoms with Crippen molar-refractivity contribution < 1.29 is 4.74 Å². The molecule has 0 bridgehead atoms. The Labute approximate surface area is 96.0 Å². The summed E-state index contributed by atoms with van der Waals surface area (Å²) in [5, 5.41) is 8.04. The molecule has 0 aromatic carbocycles. The fraction of sp³-hybridized carbons (Fsp3) is 0.750. The zero-order chi connectivity index (χ0) is 11.1. The summed E-state index contributed by atoms with van der Waals surface area (Å²) in [5.41, 5.74) is 2.32. The third-order valence-electron chi connectivity index (χ3n) is 3.80. The van der Waals surface area contributed by atoms with Crippen LogP contribution in [0.25, 0.3) is 0 Å². The van der Waals surface area contributed by atoms with Gasteiger partial charge in [-0.3, -0.25) is 0 Å². The van der Waals surface area contributed by atoms with E-state index in [1.165, 1.54) is 31.2 Å². The molecular weight excluding hydrogens is 202 g/mol. The third-order valence-corrected chi connectivity index (χ3v) is 3.80. The molecular formula is C12H19N3O. The maximum absolute atomic E-state index is 6.15. The average Bonchev–Trinajstić information content (AvgIpc) is 2.49. The minimum absolute atomic E-state index is 0.338. The number of hydrogen-bond donors (Lipinski definition) is 1. The SMILES string of the molecule is Cc1nn(C)c2c1CN[C@@H]1CCCC[C@H]1O2. The van der Waals surface area contributed by atoms with Gasteiger partial charge in [-0.1, -0.05) is 6.42 Å². The Kier molecular flexibility index (Phi) is 2.39. The Morgan fingerprint density at radius 1 is 1.38 bits per heavy atom. The first kappa shape index (κ1) is 10.1. The number of rotatable bonds is 0. The first-order chi connectivity index (χ1) is 7.75. The van der Waals surface area contributed by atoms with E-state index in [-0.39, 0.29) is 0 Å². The lowest BCUT2D eigenvalue weighted by molar-refractivity contribution is 0.112. The molecule has 4 heteroatoms. The van der Waals surface area contributed by atoms with Gasteiger partial charge in [-0.2, -0.15) is 5.10 Å². The zero-order valence-electron chi connectivity index (χ0n) is 9.99. The van der Waals surface area contributed by atoms with Crippen molar-refractivity contribution in [3.63, 3.8) is 0 Å². The highest BCUT2D eigenvalue weighted by atomic mass is 16.5. The molecule has 1 aliphatic carbocycles. The van der Waals surface area contributed by atoms with E-state index in [2.05, 4.69) is 17.3 Å². The fourth-order valence-electron chi connectivity index (χ4n) is 2.88. The van der Waals surface area contributed by atoms with Crippen molar-refractivity contribution in [3.8, 4) is 5.88 Å². The summed E-state index contributed by atoms with van der Waals surface area (Å²) in [6.07, 6.45) is 5.36. The van der Waals surface area contributed by atoms with Crippen molar-refractivity contribution in [1.82, 2.24) is 15.1 Å². The van der Waals surface area contributed by atoms with Gasteiger partial charge >= 0.3 is 0 Å². The van der Waals surface area contributed by atoms with E-state index in [1.54, 1.807) is 0 Å². The van der Waals surface area contributed by atoms with Crippen molar-refractivity contribution in [3.05, 3.63) is 11.3 Å². The minimum atomic E-state index is 0.338. The van der Waals surface area contributed by atoms with Crippen molar-refractivity contribution in [2.24, 2.45) is 7.05 Å². The Morgan fingerprint density at radius 3 is 3.06 bits per heavy atom. The second-order valence-electron chi connectivity index (χ2n) is 4.92. The molecule has 1 N–H and O–H groups in total. The van der Waals surface area contributed by atoms with Gasteiger partial charge < -0.3 is 10.1 Å². The van der Waals surface area contributed by atoms with Gasteiger partial charge in [0.25, 0.3) is 0 Å². The molecule has 2 aliphatic rings. The molecule has 1 saturated carbocycles. The maximum atomic E-state index is 6.15. The lowest BCUT2D eigenvalue weighted by Gasteiger charge is -2.30. The van der Waals surface area contributed by atoms with Gasteiger partial charge in [-0.15, -0.1) is 0 Å². The highest BCUT2D eigenvalue weighted by molar-refractivity contribution is 5.32. The summed E-state index contributed by atoms with van der Waals surface area (Å²) < 4.78 is 8.03. The lowest BCUT2D eigenvalue weighted by Crippen LogP contribution is -2.43. The molecule has 1 fully saturated rings. The number of ether oxygens (including phenoxy) is 1. The van der Waals surface area contributed by atoms with Gasteiger partial charge in [-0.05, 0) is 26.2 Å². The van der Waals surface area contributed by atoms with Crippen LogP contribution in [0, 0.1) is 6.92 Å². The van der Waals surface area contributed by atoms with Crippen LogP contribution in [-0.4, -0.2) is 21.9 Å². The van der Waals surface area contributed by atoms with Gasteiger partial charge in [0.05, 0.1) is 11.3 Å². The van der Waals surface area contributed by atoms with Crippen LogP contribution in [0.2, 0.25) is 0 Å². The van der Waals surface area contributed by atoms with Gasteiger partial charge in [0.1, 0.15) is 6.10 Å². The predicted molar refractivity (Wildman–Crippen MR) is 61.5 cm³/mol.